The smallest absolute Gasteiger partial charge is 0.337 e. The van der Waals surface area contributed by atoms with Crippen molar-refractivity contribution >= 4 is 46.0 Å². The number of esters is 3. The van der Waals surface area contributed by atoms with Crippen LogP contribution in [-0.4, -0.2) is 37.2 Å². The molecule has 0 bridgehead atoms. The van der Waals surface area contributed by atoms with Gasteiger partial charge in [0, 0.05) is 30.0 Å². The molecule has 0 heterocycles. The molecular formula is C29H33BrO6. The zero-order valence-corrected chi connectivity index (χ0v) is 23.4. The summed E-state index contributed by atoms with van der Waals surface area (Å²) in [5.74, 6) is -1.21. The highest BCUT2D eigenvalue weighted by Crippen LogP contribution is 2.49. The average molecular weight is 557 g/mol. The van der Waals surface area contributed by atoms with Crippen LogP contribution in [-0.2, 0) is 40.0 Å². The van der Waals surface area contributed by atoms with Crippen molar-refractivity contribution in [2.75, 3.05) is 7.11 Å². The van der Waals surface area contributed by atoms with Crippen LogP contribution < -0.4 is 0 Å². The van der Waals surface area contributed by atoms with Crippen LogP contribution in [0.4, 0.5) is 0 Å². The van der Waals surface area contributed by atoms with Crippen LogP contribution in [0.3, 0.4) is 0 Å². The lowest BCUT2D eigenvalue weighted by Crippen LogP contribution is -2.59. The van der Waals surface area contributed by atoms with E-state index in [1.54, 1.807) is 12.1 Å². The van der Waals surface area contributed by atoms with Gasteiger partial charge in [-0.15, -0.1) is 0 Å². The Hall–Kier alpha value is -2.93. The second kappa shape index (κ2) is 10.6. The van der Waals surface area contributed by atoms with E-state index in [1.165, 1.54) is 21.0 Å². The number of alkyl halides is 1. The van der Waals surface area contributed by atoms with E-state index < -0.39 is 35.0 Å². The summed E-state index contributed by atoms with van der Waals surface area (Å²) < 4.78 is 16.3. The molecule has 0 amide bonds. The van der Waals surface area contributed by atoms with E-state index in [2.05, 4.69) is 28.1 Å². The first kappa shape index (κ1) is 27.7. The summed E-state index contributed by atoms with van der Waals surface area (Å²) >= 11 is 3.62. The van der Waals surface area contributed by atoms with E-state index in [0.717, 1.165) is 27.8 Å². The minimum Gasteiger partial charge on any atom is -0.465 e. The van der Waals surface area contributed by atoms with Gasteiger partial charge in [-0.25, -0.2) is 4.79 Å². The van der Waals surface area contributed by atoms with Crippen LogP contribution in [0.15, 0.2) is 36.4 Å². The third kappa shape index (κ3) is 5.41. The monoisotopic (exact) mass is 556 g/mol. The van der Waals surface area contributed by atoms with Crippen molar-refractivity contribution in [1.82, 2.24) is 0 Å². The van der Waals surface area contributed by atoms with E-state index in [0.29, 0.717) is 10.9 Å². The van der Waals surface area contributed by atoms with E-state index >= 15 is 0 Å². The maximum absolute atomic E-state index is 12.1. The first-order valence-corrected chi connectivity index (χ1v) is 12.9. The molecule has 0 fully saturated rings. The fraction of sp³-hybridized carbons (Fsp3) is 0.414. The highest BCUT2D eigenvalue weighted by molar-refractivity contribution is 9.08. The molecule has 0 aromatic heterocycles. The van der Waals surface area contributed by atoms with Crippen molar-refractivity contribution in [3.63, 3.8) is 0 Å². The SMILES string of the molecule is COC(=O)c1ccc(/C=C/c2cc3c(cc2CBr)C(C)(C)[C@@H](OC(C)=O)[C@@H](OC(C)=O)C3(C)C)cc1. The lowest BCUT2D eigenvalue weighted by molar-refractivity contribution is -0.179. The van der Waals surface area contributed by atoms with Crippen molar-refractivity contribution < 1.29 is 28.6 Å². The van der Waals surface area contributed by atoms with Gasteiger partial charge in [-0.2, -0.15) is 0 Å². The lowest BCUT2D eigenvalue weighted by atomic mass is 9.59. The van der Waals surface area contributed by atoms with Crippen LogP contribution in [0.25, 0.3) is 12.2 Å². The zero-order chi connectivity index (χ0) is 26.8. The Balaban J connectivity index is 2.11. The number of halogens is 1. The van der Waals surface area contributed by atoms with Gasteiger partial charge in [-0.3, -0.25) is 9.59 Å². The molecule has 0 unspecified atom stereocenters. The summed E-state index contributed by atoms with van der Waals surface area (Å²) in [4.78, 5) is 35.8. The lowest BCUT2D eigenvalue weighted by Gasteiger charge is -2.51. The van der Waals surface area contributed by atoms with Gasteiger partial charge >= 0.3 is 17.9 Å². The largest absolute Gasteiger partial charge is 0.465 e. The first-order chi connectivity index (χ1) is 16.8. The first-order valence-electron chi connectivity index (χ1n) is 11.8. The fourth-order valence-corrected chi connectivity index (χ4v) is 5.36. The number of fused-ring (bicyclic) bond motifs is 1. The molecule has 0 aliphatic heterocycles. The average Bonchev–Trinajstić information content (AvgIpc) is 2.82. The quantitative estimate of drug-likeness (QED) is 0.189. The minimum atomic E-state index is -0.654. The predicted molar refractivity (Wildman–Crippen MR) is 143 cm³/mol. The molecule has 7 heteroatoms. The topological polar surface area (TPSA) is 78.9 Å². The van der Waals surface area contributed by atoms with Crippen LogP contribution in [0.5, 0.6) is 0 Å². The molecule has 36 heavy (non-hydrogen) atoms. The molecule has 0 saturated carbocycles. The molecule has 0 radical (unpaired) electrons. The van der Waals surface area contributed by atoms with Gasteiger partial charge in [0.1, 0.15) is 12.2 Å². The molecule has 2 atom stereocenters. The van der Waals surface area contributed by atoms with Crippen molar-refractivity contribution in [1.29, 1.82) is 0 Å². The number of methoxy groups -OCH3 is 1. The summed E-state index contributed by atoms with van der Waals surface area (Å²) in [6.07, 6.45) is 2.73. The molecule has 0 saturated heterocycles. The Kier molecular flexibility index (Phi) is 8.13. The molecule has 2 aromatic rings. The molecule has 6 nitrogen and oxygen atoms in total. The van der Waals surface area contributed by atoms with Crippen molar-refractivity contribution in [3.8, 4) is 0 Å². The molecule has 1 aliphatic carbocycles. The second-order valence-corrected chi connectivity index (χ2v) is 10.7. The number of hydrogen-bond acceptors (Lipinski definition) is 6. The predicted octanol–water partition coefficient (Wildman–Crippen LogP) is 5.97. The number of rotatable bonds is 6. The van der Waals surface area contributed by atoms with Gasteiger partial charge in [0.05, 0.1) is 12.7 Å². The van der Waals surface area contributed by atoms with E-state index in [1.807, 2.05) is 52.0 Å². The molecule has 192 valence electrons. The van der Waals surface area contributed by atoms with Crippen molar-refractivity contribution in [2.24, 2.45) is 0 Å². The normalized spacial score (nSPS) is 19.9. The van der Waals surface area contributed by atoms with Crippen molar-refractivity contribution in [3.05, 3.63) is 69.8 Å². The maximum Gasteiger partial charge on any atom is 0.337 e. The number of benzene rings is 2. The van der Waals surface area contributed by atoms with Gasteiger partial charge in [-0.05, 0) is 39.9 Å². The number of hydrogen-bond donors (Lipinski definition) is 0. The third-order valence-electron chi connectivity index (χ3n) is 6.88. The third-order valence-corrected chi connectivity index (χ3v) is 7.49. The Morgan fingerprint density at radius 1 is 0.861 bits per heavy atom. The van der Waals surface area contributed by atoms with Gasteiger partial charge in [0.25, 0.3) is 0 Å². The molecule has 1 aliphatic rings. The van der Waals surface area contributed by atoms with E-state index in [4.69, 9.17) is 14.2 Å². The van der Waals surface area contributed by atoms with E-state index in [9.17, 15) is 14.4 Å². The van der Waals surface area contributed by atoms with Gasteiger partial charge in [-0.1, -0.05) is 80.0 Å². The molecule has 0 N–H and O–H groups in total. The van der Waals surface area contributed by atoms with E-state index in [-0.39, 0.29) is 5.97 Å². The van der Waals surface area contributed by atoms with Gasteiger partial charge in [0.2, 0.25) is 0 Å². The highest BCUT2D eigenvalue weighted by atomic mass is 79.9. The second-order valence-electron chi connectivity index (χ2n) is 10.2. The number of carbonyl (C=O) groups excluding carboxylic acids is 3. The number of ether oxygens (including phenoxy) is 3. The summed E-state index contributed by atoms with van der Waals surface area (Å²) in [6.45, 7) is 10.8. The molecular weight excluding hydrogens is 524 g/mol. The van der Waals surface area contributed by atoms with Crippen LogP contribution in [0, 0.1) is 0 Å². The number of carbonyl (C=O) groups is 3. The summed E-state index contributed by atoms with van der Waals surface area (Å²) in [5.41, 5.74) is 4.39. The maximum atomic E-state index is 12.1. The summed E-state index contributed by atoms with van der Waals surface area (Å²) in [7, 11) is 1.36. The Bertz CT molecular complexity index is 1190. The Morgan fingerprint density at radius 3 is 1.81 bits per heavy atom. The highest BCUT2D eigenvalue weighted by Gasteiger charge is 2.55. The van der Waals surface area contributed by atoms with Gasteiger partial charge < -0.3 is 14.2 Å². The van der Waals surface area contributed by atoms with Crippen molar-refractivity contribution in [2.45, 2.75) is 69.9 Å². The minimum absolute atomic E-state index is 0.374. The molecule has 3 rings (SSSR count). The summed E-state index contributed by atoms with van der Waals surface area (Å²) in [6, 6.07) is 11.5. The zero-order valence-electron chi connectivity index (χ0n) is 21.8. The Morgan fingerprint density at radius 2 is 1.36 bits per heavy atom. The standard InChI is InChI=1S/C29H33BrO6/c1-17(31)35-25-26(36-18(2)32)29(5,6)24-15-22(16-30)21(14-23(24)28(25,3)4)13-10-19-8-11-20(12-9-19)27(33)34-7/h8-15,25-26H,16H2,1-7H3/b13-10+/t25-,26+/m1/s1. The van der Waals surface area contributed by atoms with Crippen LogP contribution in [0.1, 0.15) is 79.7 Å². The molecule has 2 aromatic carbocycles. The fourth-order valence-electron chi connectivity index (χ4n) is 4.87. The molecule has 0 spiro atoms. The van der Waals surface area contributed by atoms with Crippen LogP contribution in [0.2, 0.25) is 0 Å². The Labute approximate surface area is 221 Å². The van der Waals surface area contributed by atoms with Gasteiger partial charge in [0.15, 0.2) is 0 Å². The summed E-state index contributed by atoms with van der Waals surface area (Å²) in [5, 5.41) is 0.628. The van der Waals surface area contributed by atoms with Crippen LogP contribution >= 0.6 is 15.9 Å².